The molecule has 0 saturated heterocycles. The van der Waals surface area contributed by atoms with E-state index in [1.165, 1.54) is 7.11 Å². The van der Waals surface area contributed by atoms with Crippen molar-refractivity contribution in [1.82, 2.24) is 0 Å². The molecular formula is C25H46O5. The van der Waals surface area contributed by atoms with Crippen LogP contribution in [-0.2, 0) is 9.53 Å². The molecule has 2 rings (SSSR count). The highest BCUT2D eigenvalue weighted by molar-refractivity contribution is 5.72. The fourth-order valence-corrected chi connectivity index (χ4v) is 6.71. The fourth-order valence-electron chi connectivity index (χ4n) is 6.71. The number of ether oxygens (including phenoxy) is 1. The molecule has 0 aromatic carbocycles. The summed E-state index contributed by atoms with van der Waals surface area (Å²) in [6.07, 6.45) is 6.61. The third kappa shape index (κ3) is 4.73. The zero-order valence-corrected chi connectivity index (χ0v) is 20.3. The molecule has 0 amide bonds. The molecule has 0 bridgehead atoms. The minimum Gasteiger partial charge on any atom is -0.469 e. The predicted octanol–water partition coefficient (Wildman–Crippen LogP) is 4.46. The quantitative estimate of drug-likeness (QED) is 0.499. The van der Waals surface area contributed by atoms with Crippen molar-refractivity contribution in [3.8, 4) is 0 Å². The van der Waals surface area contributed by atoms with Gasteiger partial charge in [-0.25, -0.2) is 0 Å². The van der Waals surface area contributed by atoms with Crippen LogP contribution in [0.5, 0.6) is 0 Å². The number of aliphatic hydroxyl groups is 3. The zero-order chi connectivity index (χ0) is 23.0. The number of hydrogen-bond donors (Lipinski definition) is 3. The van der Waals surface area contributed by atoms with Crippen LogP contribution in [0, 0.1) is 28.6 Å². The molecule has 176 valence electrons. The van der Waals surface area contributed by atoms with Crippen molar-refractivity contribution >= 4 is 5.97 Å². The van der Waals surface area contributed by atoms with Crippen molar-refractivity contribution in [2.45, 2.75) is 117 Å². The number of methoxy groups -OCH3 is 1. The Kier molecular flexibility index (Phi) is 7.74. The average molecular weight is 427 g/mol. The van der Waals surface area contributed by atoms with Gasteiger partial charge in [-0.3, -0.25) is 4.79 Å². The maximum Gasteiger partial charge on any atom is 0.311 e. The highest BCUT2D eigenvalue weighted by Gasteiger charge is 2.63. The van der Waals surface area contributed by atoms with Crippen LogP contribution in [0.15, 0.2) is 0 Å². The lowest BCUT2D eigenvalue weighted by Gasteiger charge is -2.64. The van der Waals surface area contributed by atoms with Gasteiger partial charge in [0, 0.05) is 0 Å². The predicted molar refractivity (Wildman–Crippen MR) is 119 cm³/mol. The molecule has 2 fully saturated rings. The maximum atomic E-state index is 11.9. The van der Waals surface area contributed by atoms with Crippen LogP contribution in [0.4, 0.5) is 0 Å². The minimum absolute atomic E-state index is 0.0883. The largest absolute Gasteiger partial charge is 0.469 e. The first kappa shape index (κ1) is 25.6. The Hall–Kier alpha value is -0.650. The number of esters is 1. The number of hydrogen-bond acceptors (Lipinski definition) is 5. The number of carbonyl (C=O) groups excluding carboxylic acids is 1. The molecule has 2 aliphatic carbocycles. The van der Waals surface area contributed by atoms with E-state index in [0.717, 1.165) is 38.5 Å². The summed E-state index contributed by atoms with van der Waals surface area (Å²) < 4.78 is 4.71. The van der Waals surface area contributed by atoms with Crippen LogP contribution in [0.3, 0.4) is 0 Å². The molecule has 5 heteroatoms. The molecule has 30 heavy (non-hydrogen) atoms. The lowest BCUT2D eigenvalue weighted by molar-refractivity contribution is -0.237. The SMILES string of the molecule is COC(=O)[C@@H](C)[C@@H](O)CC[C@](C)(O)CCC1C(C)CCC2(O)C(C)(C)CCCC12C. The van der Waals surface area contributed by atoms with Crippen molar-refractivity contribution in [2.24, 2.45) is 28.6 Å². The number of rotatable bonds is 8. The standard InChI is InChI=1S/C25H46O5/c1-17-9-16-25(29)22(3,4)12-8-13-24(25,6)19(17)10-14-23(5,28)15-11-20(26)18(2)21(27)30-7/h17-20,26,28-29H,8-16H2,1-7H3/t17?,18-,19?,20-,23+,24?,25?/m0/s1. The van der Waals surface area contributed by atoms with Gasteiger partial charge in [0.05, 0.1) is 30.3 Å². The van der Waals surface area contributed by atoms with E-state index in [9.17, 15) is 20.1 Å². The summed E-state index contributed by atoms with van der Waals surface area (Å²) in [5, 5.41) is 33.2. The molecular weight excluding hydrogens is 380 g/mol. The van der Waals surface area contributed by atoms with Crippen molar-refractivity contribution in [3.63, 3.8) is 0 Å². The number of fused-ring (bicyclic) bond motifs is 1. The highest BCUT2D eigenvalue weighted by atomic mass is 16.5. The van der Waals surface area contributed by atoms with Crippen LogP contribution < -0.4 is 0 Å². The smallest absolute Gasteiger partial charge is 0.311 e. The Morgan fingerprint density at radius 3 is 2.43 bits per heavy atom. The van der Waals surface area contributed by atoms with Crippen LogP contribution in [0.2, 0.25) is 0 Å². The Bertz CT molecular complexity index is 600. The van der Waals surface area contributed by atoms with Gasteiger partial charge in [-0.05, 0) is 87.9 Å². The molecule has 7 atom stereocenters. The lowest BCUT2D eigenvalue weighted by atomic mass is 9.43. The summed E-state index contributed by atoms with van der Waals surface area (Å²) in [7, 11) is 1.32. The molecule has 0 aromatic rings. The van der Waals surface area contributed by atoms with Gasteiger partial charge in [0.15, 0.2) is 0 Å². The summed E-state index contributed by atoms with van der Waals surface area (Å²) in [4.78, 5) is 11.6. The van der Waals surface area contributed by atoms with Crippen LogP contribution in [-0.4, -0.2) is 45.7 Å². The van der Waals surface area contributed by atoms with E-state index in [1.807, 2.05) is 6.92 Å². The van der Waals surface area contributed by atoms with E-state index in [2.05, 4.69) is 27.7 Å². The second kappa shape index (κ2) is 9.07. The summed E-state index contributed by atoms with van der Waals surface area (Å²) in [5.41, 5.74) is -1.80. The van der Waals surface area contributed by atoms with Crippen LogP contribution in [0.1, 0.15) is 99.3 Å². The Morgan fingerprint density at radius 2 is 1.83 bits per heavy atom. The van der Waals surface area contributed by atoms with Crippen molar-refractivity contribution in [2.75, 3.05) is 7.11 Å². The van der Waals surface area contributed by atoms with E-state index in [1.54, 1.807) is 6.92 Å². The van der Waals surface area contributed by atoms with Crippen LogP contribution >= 0.6 is 0 Å². The lowest BCUT2D eigenvalue weighted by Crippen LogP contribution is -2.65. The fraction of sp³-hybridized carbons (Fsp3) is 0.960. The summed E-state index contributed by atoms with van der Waals surface area (Å²) in [6.45, 7) is 12.5. The third-order valence-electron chi connectivity index (χ3n) is 9.15. The maximum absolute atomic E-state index is 11.9. The molecule has 4 unspecified atom stereocenters. The molecule has 0 aliphatic heterocycles. The van der Waals surface area contributed by atoms with Gasteiger partial charge in [-0.1, -0.05) is 34.1 Å². The van der Waals surface area contributed by atoms with Gasteiger partial charge in [-0.2, -0.15) is 0 Å². The van der Waals surface area contributed by atoms with Gasteiger partial charge < -0.3 is 20.1 Å². The highest BCUT2D eigenvalue weighted by Crippen LogP contribution is 2.64. The van der Waals surface area contributed by atoms with Gasteiger partial charge in [0.25, 0.3) is 0 Å². The zero-order valence-electron chi connectivity index (χ0n) is 20.3. The minimum atomic E-state index is -0.910. The monoisotopic (exact) mass is 426 g/mol. The Balaban J connectivity index is 2.04. The van der Waals surface area contributed by atoms with Crippen molar-refractivity contribution in [3.05, 3.63) is 0 Å². The van der Waals surface area contributed by atoms with Gasteiger partial charge in [0.1, 0.15) is 0 Å². The first-order valence-corrected chi connectivity index (χ1v) is 11.9. The number of carbonyl (C=O) groups is 1. The van der Waals surface area contributed by atoms with Gasteiger partial charge >= 0.3 is 5.97 Å². The Morgan fingerprint density at radius 1 is 1.20 bits per heavy atom. The van der Waals surface area contributed by atoms with E-state index in [0.29, 0.717) is 31.1 Å². The average Bonchev–Trinajstić information content (AvgIpc) is 2.66. The Labute approximate surface area is 183 Å². The van der Waals surface area contributed by atoms with E-state index < -0.39 is 29.2 Å². The number of aliphatic hydroxyl groups excluding tert-OH is 1. The summed E-state index contributed by atoms with van der Waals surface area (Å²) in [6, 6.07) is 0. The molecule has 3 N–H and O–H groups in total. The summed E-state index contributed by atoms with van der Waals surface area (Å²) >= 11 is 0. The van der Waals surface area contributed by atoms with E-state index >= 15 is 0 Å². The summed E-state index contributed by atoms with van der Waals surface area (Å²) in [5.74, 6) is -0.140. The first-order valence-electron chi connectivity index (χ1n) is 11.9. The molecule has 2 aliphatic rings. The van der Waals surface area contributed by atoms with Crippen molar-refractivity contribution < 1.29 is 24.9 Å². The topological polar surface area (TPSA) is 87.0 Å². The van der Waals surface area contributed by atoms with Gasteiger partial charge in [0.2, 0.25) is 0 Å². The molecule has 5 nitrogen and oxygen atoms in total. The molecule has 0 aromatic heterocycles. The van der Waals surface area contributed by atoms with Gasteiger partial charge in [-0.15, -0.1) is 0 Å². The molecule has 0 spiro atoms. The third-order valence-corrected chi connectivity index (χ3v) is 9.15. The van der Waals surface area contributed by atoms with E-state index in [-0.39, 0.29) is 10.8 Å². The van der Waals surface area contributed by atoms with Crippen molar-refractivity contribution in [1.29, 1.82) is 0 Å². The molecule has 0 radical (unpaired) electrons. The normalized spacial score (nSPS) is 37.5. The van der Waals surface area contributed by atoms with E-state index in [4.69, 9.17) is 4.74 Å². The second-order valence-corrected chi connectivity index (χ2v) is 11.6. The molecule has 0 heterocycles. The van der Waals surface area contributed by atoms with Crippen LogP contribution in [0.25, 0.3) is 0 Å². The molecule has 2 saturated carbocycles. The first-order chi connectivity index (χ1) is 13.7. The second-order valence-electron chi connectivity index (χ2n) is 11.6.